The number of hydrogen-bond acceptors (Lipinski definition) is 3. The average molecular weight is 218 g/mol. The van der Waals surface area contributed by atoms with Gasteiger partial charge in [-0.3, -0.25) is 4.98 Å². The maximum atomic E-state index is 6.06. The lowest BCUT2D eigenvalue weighted by Crippen LogP contribution is -2.10. The number of rotatable bonds is 3. The van der Waals surface area contributed by atoms with Crippen molar-refractivity contribution in [3.63, 3.8) is 0 Å². The van der Waals surface area contributed by atoms with Gasteiger partial charge < -0.3 is 5.73 Å². The Morgan fingerprint density at radius 3 is 3.20 bits per heavy atom. The van der Waals surface area contributed by atoms with Gasteiger partial charge in [0.1, 0.15) is 0 Å². The molecule has 0 saturated heterocycles. The Labute approximate surface area is 93.4 Å². The third kappa shape index (κ3) is 2.25. The molecule has 2 aromatic rings. The molecular formula is C12H14N2S. The van der Waals surface area contributed by atoms with E-state index in [0.717, 1.165) is 23.1 Å². The highest BCUT2D eigenvalue weighted by atomic mass is 32.1. The normalized spacial score (nSPS) is 12.9. The van der Waals surface area contributed by atoms with Crippen molar-refractivity contribution in [3.8, 4) is 0 Å². The third-order valence-corrected chi connectivity index (χ3v) is 3.17. The highest BCUT2D eigenvalue weighted by molar-refractivity contribution is 7.17. The van der Waals surface area contributed by atoms with Gasteiger partial charge >= 0.3 is 0 Å². The van der Waals surface area contributed by atoms with Crippen molar-refractivity contribution >= 4 is 21.6 Å². The van der Waals surface area contributed by atoms with Gasteiger partial charge in [-0.1, -0.05) is 5.57 Å². The molecule has 2 rings (SSSR count). The van der Waals surface area contributed by atoms with Crippen molar-refractivity contribution in [3.05, 3.63) is 41.4 Å². The molecule has 78 valence electrons. The summed E-state index contributed by atoms with van der Waals surface area (Å²) < 4.78 is 1.20. The molecule has 2 heterocycles. The van der Waals surface area contributed by atoms with Crippen LogP contribution in [0.25, 0.3) is 10.2 Å². The molecule has 15 heavy (non-hydrogen) atoms. The van der Waals surface area contributed by atoms with Crippen molar-refractivity contribution in [1.29, 1.82) is 0 Å². The number of nitrogens with zero attached hydrogens (tertiary/aromatic N) is 1. The van der Waals surface area contributed by atoms with Crippen molar-refractivity contribution < 1.29 is 0 Å². The van der Waals surface area contributed by atoms with E-state index >= 15 is 0 Å². The summed E-state index contributed by atoms with van der Waals surface area (Å²) in [5.41, 5.74) is 9.30. The van der Waals surface area contributed by atoms with Crippen LogP contribution in [-0.4, -0.2) is 4.98 Å². The maximum absolute atomic E-state index is 6.06. The van der Waals surface area contributed by atoms with E-state index in [-0.39, 0.29) is 6.04 Å². The van der Waals surface area contributed by atoms with Crippen molar-refractivity contribution in [2.24, 2.45) is 5.73 Å². The Bertz CT molecular complexity index is 487. The van der Waals surface area contributed by atoms with E-state index in [4.69, 9.17) is 5.73 Å². The first-order valence-electron chi connectivity index (χ1n) is 4.90. The molecule has 0 aliphatic rings. The zero-order valence-electron chi connectivity index (χ0n) is 8.73. The number of fused-ring (bicyclic) bond motifs is 1. The van der Waals surface area contributed by atoms with Gasteiger partial charge in [0.05, 0.1) is 10.2 Å². The Hall–Kier alpha value is -1.19. The zero-order chi connectivity index (χ0) is 10.8. The van der Waals surface area contributed by atoms with Crippen molar-refractivity contribution in [2.45, 2.75) is 19.4 Å². The number of hydrogen-bond donors (Lipinski definition) is 1. The molecular weight excluding hydrogens is 204 g/mol. The smallest absolute Gasteiger partial charge is 0.0809 e. The Morgan fingerprint density at radius 1 is 1.67 bits per heavy atom. The molecule has 0 aromatic carbocycles. The molecule has 2 N–H and O–H groups in total. The molecule has 0 amide bonds. The monoisotopic (exact) mass is 218 g/mol. The Morgan fingerprint density at radius 2 is 2.47 bits per heavy atom. The summed E-state index contributed by atoms with van der Waals surface area (Å²) >= 11 is 1.70. The molecule has 0 bridgehead atoms. The van der Waals surface area contributed by atoms with Crippen LogP contribution in [0.3, 0.4) is 0 Å². The summed E-state index contributed by atoms with van der Waals surface area (Å²) in [6.45, 7) is 5.87. The van der Waals surface area contributed by atoms with Crippen LogP contribution in [0.2, 0.25) is 0 Å². The van der Waals surface area contributed by atoms with Crippen LogP contribution in [0.1, 0.15) is 24.9 Å². The van der Waals surface area contributed by atoms with E-state index < -0.39 is 0 Å². The molecule has 2 aromatic heterocycles. The van der Waals surface area contributed by atoms with E-state index in [1.165, 1.54) is 4.70 Å². The summed E-state index contributed by atoms with van der Waals surface area (Å²) in [5, 5.41) is 2.05. The fraction of sp³-hybridized carbons (Fsp3) is 0.250. The van der Waals surface area contributed by atoms with Crippen molar-refractivity contribution in [1.82, 2.24) is 4.98 Å². The Kier molecular flexibility index (Phi) is 2.84. The van der Waals surface area contributed by atoms with Gasteiger partial charge in [-0.05, 0) is 36.4 Å². The van der Waals surface area contributed by atoms with Crippen LogP contribution < -0.4 is 5.73 Å². The molecule has 0 saturated carbocycles. The minimum Gasteiger partial charge on any atom is -0.324 e. The van der Waals surface area contributed by atoms with Crippen LogP contribution in [-0.2, 0) is 0 Å². The molecule has 2 nitrogen and oxygen atoms in total. The van der Waals surface area contributed by atoms with Gasteiger partial charge in [0.2, 0.25) is 0 Å². The van der Waals surface area contributed by atoms with Gasteiger partial charge in [0, 0.05) is 12.2 Å². The van der Waals surface area contributed by atoms with E-state index in [2.05, 4.69) is 17.6 Å². The lowest BCUT2D eigenvalue weighted by Gasteiger charge is -2.11. The highest BCUT2D eigenvalue weighted by Gasteiger charge is 2.07. The molecule has 1 atom stereocenters. The summed E-state index contributed by atoms with van der Waals surface area (Å²) in [6.07, 6.45) is 2.68. The molecule has 0 radical (unpaired) electrons. The first kappa shape index (κ1) is 10.3. The largest absolute Gasteiger partial charge is 0.324 e. The molecule has 3 heteroatoms. The highest BCUT2D eigenvalue weighted by Crippen LogP contribution is 2.24. The summed E-state index contributed by atoms with van der Waals surface area (Å²) in [6, 6.07) is 4.16. The quantitative estimate of drug-likeness (QED) is 0.803. The minimum atomic E-state index is 0.0153. The van der Waals surface area contributed by atoms with Crippen LogP contribution >= 0.6 is 11.3 Å². The fourth-order valence-corrected chi connectivity index (χ4v) is 2.35. The number of nitrogens with two attached hydrogens (primary N) is 1. The lowest BCUT2D eigenvalue weighted by atomic mass is 10.0. The van der Waals surface area contributed by atoms with Gasteiger partial charge in [0.25, 0.3) is 0 Å². The minimum absolute atomic E-state index is 0.0153. The molecule has 0 aliphatic heterocycles. The standard InChI is InChI=1S/C12H14N2S/c1-8(2)5-10(13)9-6-12-11(14-7-9)3-4-15-12/h3-4,6-7,10H,1,5,13H2,2H3. The predicted octanol–water partition coefficient (Wildman–Crippen LogP) is 3.26. The van der Waals surface area contributed by atoms with E-state index in [1.807, 2.05) is 24.6 Å². The molecule has 0 fully saturated rings. The van der Waals surface area contributed by atoms with Crippen LogP contribution in [0, 0.1) is 0 Å². The third-order valence-electron chi connectivity index (χ3n) is 2.32. The SMILES string of the molecule is C=C(C)CC(N)c1cnc2ccsc2c1. The molecule has 0 spiro atoms. The van der Waals surface area contributed by atoms with E-state index in [0.29, 0.717) is 0 Å². The average Bonchev–Trinajstić information content (AvgIpc) is 2.62. The van der Waals surface area contributed by atoms with Gasteiger partial charge in [-0.25, -0.2) is 0 Å². The predicted molar refractivity (Wildman–Crippen MR) is 66.0 cm³/mol. The zero-order valence-corrected chi connectivity index (χ0v) is 9.55. The summed E-state index contributed by atoms with van der Waals surface area (Å²) in [7, 11) is 0. The van der Waals surface area contributed by atoms with Crippen LogP contribution in [0.5, 0.6) is 0 Å². The first-order chi connectivity index (χ1) is 7.16. The second kappa shape index (κ2) is 4.13. The summed E-state index contributed by atoms with van der Waals surface area (Å²) in [5.74, 6) is 0. The lowest BCUT2D eigenvalue weighted by molar-refractivity contribution is 0.715. The second-order valence-electron chi connectivity index (χ2n) is 3.84. The first-order valence-corrected chi connectivity index (χ1v) is 5.78. The Balaban J connectivity index is 2.30. The maximum Gasteiger partial charge on any atom is 0.0809 e. The van der Waals surface area contributed by atoms with Gasteiger partial charge in [0.15, 0.2) is 0 Å². The molecule has 1 unspecified atom stereocenters. The topological polar surface area (TPSA) is 38.9 Å². The van der Waals surface area contributed by atoms with Crippen LogP contribution in [0.15, 0.2) is 35.9 Å². The number of pyridine rings is 1. The summed E-state index contributed by atoms with van der Waals surface area (Å²) in [4.78, 5) is 4.37. The van der Waals surface area contributed by atoms with E-state index in [9.17, 15) is 0 Å². The molecule has 0 aliphatic carbocycles. The van der Waals surface area contributed by atoms with E-state index in [1.54, 1.807) is 11.3 Å². The van der Waals surface area contributed by atoms with Gasteiger partial charge in [-0.2, -0.15) is 0 Å². The van der Waals surface area contributed by atoms with Crippen molar-refractivity contribution in [2.75, 3.05) is 0 Å². The number of thiophene rings is 1. The fourth-order valence-electron chi connectivity index (χ4n) is 1.56. The number of aromatic nitrogens is 1. The van der Waals surface area contributed by atoms with Crippen LogP contribution in [0.4, 0.5) is 0 Å². The second-order valence-corrected chi connectivity index (χ2v) is 4.79. The van der Waals surface area contributed by atoms with Gasteiger partial charge in [-0.15, -0.1) is 17.9 Å².